The maximum absolute atomic E-state index is 12.4. The summed E-state index contributed by atoms with van der Waals surface area (Å²) < 4.78 is 33.6. The van der Waals surface area contributed by atoms with E-state index >= 15 is 0 Å². The number of hydrogen-bond donors (Lipinski definition) is 1. The Morgan fingerprint density at radius 3 is 1.76 bits per heavy atom. The number of nitrogens with zero attached hydrogens (tertiary/aromatic N) is 1. The molecular weight excluding hydrogens is 497 g/mol. The van der Waals surface area contributed by atoms with Crippen molar-refractivity contribution in [2.45, 2.75) is 116 Å². The number of quaternary nitrogens is 1. The van der Waals surface area contributed by atoms with E-state index in [-0.39, 0.29) is 32.0 Å². The van der Waals surface area contributed by atoms with Gasteiger partial charge in [-0.05, 0) is 12.8 Å². The molecule has 0 amide bonds. The number of hydrogen-bond acceptors (Lipinski definition) is 7. The fourth-order valence-corrected chi connectivity index (χ4v) is 4.28. The first-order valence-electron chi connectivity index (χ1n) is 14.3. The van der Waals surface area contributed by atoms with Crippen molar-refractivity contribution in [3.8, 4) is 0 Å². The van der Waals surface area contributed by atoms with E-state index in [9.17, 15) is 19.0 Å². The molecule has 10 heteroatoms. The summed E-state index contributed by atoms with van der Waals surface area (Å²) in [5.41, 5.74) is 0. The second kappa shape index (κ2) is 21.9. The fourth-order valence-electron chi connectivity index (χ4n) is 3.54. The maximum atomic E-state index is 12.4. The molecule has 0 rings (SSSR count). The van der Waals surface area contributed by atoms with Gasteiger partial charge in [0, 0.05) is 12.8 Å². The molecule has 0 radical (unpaired) electrons. The van der Waals surface area contributed by atoms with Gasteiger partial charge in [-0.15, -0.1) is 0 Å². The molecule has 0 aromatic carbocycles. The molecule has 37 heavy (non-hydrogen) atoms. The average Bonchev–Trinajstić information content (AvgIpc) is 2.81. The lowest BCUT2D eigenvalue weighted by Gasteiger charge is -2.24. The topological polar surface area (TPSA) is 108 Å². The van der Waals surface area contributed by atoms with Crippen molar-refractivity contribution in [3.05, 3.63) is 0 Å². The molecular formula is C27H55NO8P+. The second-order valence-corrected chi connectivity index (χ2v) is 12.2. The number of carbonyl (C=O) groups excluding carboxylic acids is 2. The normalized spacial score (nSPS) is 14.2. The quantitative estimate of drug-likeness (QED) is 0.0620. The summed E-state index contributed by atoms with van der Waals surface area (Å²) in [6.45, 7) is 4.23. The van der Waals surface area contributed by atoms with E-state index in [1.165, 1.54) is 38.5 Å². The highest BCUT2D eigenvalue weighted by molar-refractivity contribution is 7.47. The number of unbranched alkanes of at least 4 members (excludes halogenated alkanes) is 11. The van der Waals surface area contributed by atoms with Crippen LogP contribution in [0.15, 0.2) is 0 Å². The Kier molecular flexibility index (Phi) is 21.3. The molecule has 220 valence electrons. The van der Waals surface area contributed by atoms with Crippen LogP contribution in [-0.4, -0.2) is 74.9 Å². The number of rotatable bonds is 25. The number of ether oxygens (including phenoxy) is 2. The highest BCUT2D eigenvalue weighted by Gasteiger charge is 2.27. The van der Waals surface area contributed by atoms with Crippen molar-refractivity contribution >= 4 is 19.8 Å². The van der Waals surface area contributed by atoms with E-state index in [0.717, 1.165) is 38.5 Å². The van der Waals surface area contributed by atoms with Crippen molar-refractivity contribution < 1.29 is 42.1 Å². The highest BCUT2D eigenvalue weighted by atomic mass is 31.2. The summed E-state index contributed by atoms with van der Waals surface area (Å²) in [5.74, 6) is -0.822. The van der Waals surface area contributed by atoms with Gasteiger partial charge >= 0.3 is 19.8 Å². The van der Waals surface area contributed by atoms with Crippen molar-refractivity contribution in [2.75, 3.05) is 47.5 Å². The minimum absolute atomic E-state index is 0.0348. The fraction of sp³-hybridized carbons (Fsp3) is 0.926. The Labute approximate surface area is 225 Å². The van der Waals surface area contributed by atoms with Gasteiger partial charge in [0.2, 0.25) is 0 Å². The first-order valence-corrected chi connectivity index (χ1v) is 15.8. The SMILES string of the molecule is CCCCCCCCCCCC(=O)O[C@H](COC(=O)CCCCCC)COP(=O)(O)OCC[N+](C)(C)C. The molecule has 2 atom stereocenters. The molecule has 0 aliphatic carbocycles. The molecule has 0 saturated carbocycles. The third-order valence-corrected chi connectivity index (χ3v) is 6.87. The van der Waals surface area contributed by atoms with Gasteiger partial charge in [0.05, 0.1) is 27.7 Å². The number of phosphoric ester groups is 1. The summed E-state index contributed by atoms with van der Waals surface area (Å²) in [7, 11) is 1.48. The lowest BCUT2D eigenvalue weighted by atomic mass is 10.1. The van der Waals surface area contributed by atoms with Gasteiger partial charge in [0.1, 0.15) is 19.8 Å². The van der Waals surface area contributed by atoms with E-state index in [4.69, 9.17) is 18.5 Å². The number of carbonyl (C=O) groups is 2. The molecule has 0 aromatic rings. The summed E-state index contributed by atoms with van der Waals surface area (Å²) in [5, 5.41) is 0. The van der Waals surface area contributed by atoms with Crippen LogP contribution in [0.25, 0.3) is 0 Å². The van der Waals surface area contributed by atoms with Gasteiger partial charge in [-0.25, -0.2) is 4.57 Å². The Balaban J connectivity index is 4.54. The summed E-state index contributed by atoms with van der Waals surface area (Å²) in [6.07, 6.45) is 13.6. The number of esters is 2. The number of likely N-dealkylation sites (N-methyl/N-ethyl adjacent to an activating group) is 1. The van der Waals surface area contributed by atoms with Crippen LogP contribution < -0.4 is 0 Å². The van der Waals surface area contributed by atoms with E-state index < -0.39 is 26.5 Å². The minimum Gasteiger partial charge on any atom is -0.462 e. The Morgan fingerprint density at radius 1 is 0.730 bits per heavy atom. The summed E-state index contributed by atoms with van der Waals surface area (Å²) >= 11 is 0. The lowest BCUT2D eigenvalue weighted by molar-refractivity contribution is -0.870. The van der Waals surface area contributed by atoms with Gasteiger partial charge in [0.25, 0.3) is 0 Å². The zero-order valence-electron chi connectivity index (χ0n) is 24.2. The first kappa shape index (κ1) is 36.0. The molecule has 0 bridgehead atoms. The zero-order chi connectivity index (χ0) is 28.0. The standard InChI is InChI=1S/C27H54NO8P/c1-6-8-10-12-13-14-15-16-18-20-27(30)36-25(23-33-26(29)19-17-11-9-7-2)24-35-37(31,32)34-22-21-28(3,4)5/h25H,6-24H2,1-5H3/p+1/t25-/m1/s1. The molecule has 0 aliphatic heterocycles. The molecule has 0 fully saturated rings. The Hall–Kier alpha value is -0.990. The third-order valence-electron chi connectivity index (χ3n) is 5.89. The maximum Gasteiger partial charge on any atom is 0.472 e. The monoisotopic (exact) mass is 552 g/mol. The first-order chi connectivity index (χ1) is 17.5. The Bertz CT molecular complexity index is 638. The van der Waals surface area contributed by atoms with Crippen LogP contribution in [0.3, 0.4) is 0 Å². The summed E-state index contributed by atoms with van der Waals surface area (Å²) in [6, 6.07) is 0. The van der Waals surface area contributed by atoms with Crippen LogP contribution in [0.5, 0.6) is 0 Å². The summed E-state index contributed by atoms with van der Waals surface area (Å²) in [4.78, 5) is 34.4. The molecule has 1 unspecified atom stereocenters. The average molecular weight is 553 g/mol. The van der Waals surface area contributed by atoms with Crippen molar-refractivity contribution in [1.29, 1.82) is 0 Å². The lowest BCUT2D eigenvalue weighted by Crippen LogP contribution is -2.37. The predicted molar refractivity (Wildman–Crippen MR) is 146 cm³/mol. The van der Waals surface area contributed by atoms with E-state index in [0.29, 0.717) is 17.4 Å². The van der Waals surface area contributed by atoms with Crippen LogP contribution in [0.4, 0.5) is 0 Å². The molecule has 0 aromatic heterocycles. The molecule has 0 aliphatic rings. The van der Waals surface area contributed by atoms with Crippen molar-refractivity contribution in [2.24, 2.45) is 0 Å². The molecule has 9 nitrogen and oxygen atoms in total. The largest absolute Gasteiger partial charge is 0.472 e. The number of phosphoric acid groups is 1. The van der Waals surface area contributed by atoms with Crippen LogP contribution >= 0.6 is 7.82 Å². The molecule has 0 spiro atoms. The van der Waals surface area contributed by atoms with Crippen LogP contribution in [0, 0.1) is 0 Å². The van der Waals surface area contributed by atoms with Gasteiger partial charge in [0.15, 0.2) is 6.10 Å². The smallest absolute Gasteiger partial charge is 0.462 e. The van der Waals surface area contributed by atoms with E-state index in [2.05, 4.69) is 13.8 Å². The predicted octanol–water partition coefficient (Wildman–Crippen LogP) is 6.17. The second-order valence-electron chi connectivity index (χ2n) is 10.8. The van der Waals surface area contributed by atoms with E-state index in [1.54, 1.807) is 0 Å². The third kappa shape index (κ3) is 25.1. The van der Waals surface area contributed by atoms with Crippen LogP contribution in [0.2, 0.25) is 0 Å². The highest BCUT2D eigenvalue weighted by Crippen LogP contribution is 2.43. The van der Waals surface area contributed by atoms with Crippen molar-refractivity contribution in [1.82, 2.24) is 0 Å². The van der Waals surface area contributed by atoms with Gasteiger partial charge in [-0.1, -0.05) is 84.5 Å². The molecule has 0 saturated heterocycles. The van der Waals surface area contributed by atoms with Crippen molar-refractivity contribution in [3.63, 3.8) is 0 Å². The van der Waals surface area contributed by atoms with E-state index in [1.807, 2.05) is 21.1 Å². The van der Waals surface area contributed by atoms with Gasteiger partial charge in [-0.2, -0.15) is 0 Å². The molecule has 1 N–H and O–H groups in total. The van der Waals surface area contributed by atoms with Gasteiger partial charge < -0.3 is 18.9 Å². The van der Waals surface area contributed by atoms with Gasteiger partial charge in [-0.3, -0.25) is 18.6 Å². The van der Waals surface area contributed by atoms with Crippen LogP contribution in [0.1, 0.15) is 110 Å². The molecule has 0 heterocycles. The van der Waals surface area contributed by atoms with Crippen LogP contribution in [-0.2, 0) is 32.7 Å². The zero-order valence-corrected chi connectivity index (χ0v) is 25.1. The Morgan fingerprint density at radius 2 is 1.22 bits per heavy atom. The minimum atomic E-state index is -4.33.